The molecule has 0 radical (unpaired) electrons. The van der Waals surface area contributed by atoms with Gasteiger partial charge < -0.3 is 25.5 Å². The highest BCUT2D eigenvalue weighted by Gasteiger charge is 2.76. The number of phenols is 1. The lowest BCUT2D eigenvalue weighted by Gasteiger charge is -2.62. The maximum Gasteiger partial charge on any atom is 0.203 e. The molecule has 3 aliphatic carbocycles. The zero-order valence-corrected chi connectivity index (χ0v) is 23.9. The molecule has 0 aliphatic heterocycles. The highest BCUT2D eigenvalue weighted by atomic mass is 16.4. The third-order valence-corrected chi connectivity index (χ3v) is 9.50. The average Bonchev–Trinajstić information content (AvgIpc) is 2.92. The van der Waals surface area contributed by atoms with Gasteiger partial charge in [-0.1, -0.05) is 57.0 Å². The highest BCUT2D eigenvalue weighted by Crippen LogP contribution is 2.67. The van der Waals surface area contributed by atoms with Gasteiger partial charge in [-0.15, -0.1) is 6.42 Å². The first-order valence-electron chi connectivity index (χ1n) is 13.6. The van der Waals surface area contributed by atoms with Gasteiger partial charge in [0.1, 0.15) is 22.8 Å². The lowest BCUT2D eigenvalue weighted by atomic mass is 9.41. The number of benzene rings is 2. The Hall–Kier alpha value is -4.45. The van der Waals surface area contributed by atoms with E-state index < -0.39 is 74.4 Å². The van der Waals surface area contributed by atoms with Crippen molar-refractivity contribution in [3.05, 3.63) is 81.6 Å². The Bertz CT molecular complexity index is 1720. The van der Waals surface area contributed by atoms with Crippen LogP contribution in [0.15, 0.2) is 59.4 Å². The Morgan fingerprint density at radius 2 is 1.67 bits per heavy atom. The number of hydrogen-bond donors (Lipinski definition) is 5. The van der Waals surface area contributed by atoms with Crippen molar-refractivity contribution in [2.24, 2.45) is 22.7 Å². The number of Topliss-reactive ketones (excluding diaryl/α,β-unsaturated/α-hetero) is 3. The first kappa shape index (κ1) is 29.1. The summed E-state index contributed by atoms with van der Waals surface area (Å²) >= 11 is 0. The third-order valence-electron chi connectivity index (χ3n) is 9.50. The van der Waals surface area contributed by atoms with Gasteiger partial charge in [0, 0.05) is 16.9 Å². The van der Waals surface area contributed by atoms with Crippen LogP contribution in [0, 0.1) is 35.0 Å². The van der Waals surface area contributed by atoms with Crippen LogP contribution in [-0.4, -0.2) is 54.6 Å². The summed E-state index contributed by atoms with van der Waals surface area (Å²) in [5, 5.41) is 58.5. The van der Waals surface area contributed by atoms with Gasteiger partial charge in [0.15, 0.2) is 17.2 Å². The van der Waals surface area contributed by atoms with Crippen LogP contribution in [0.25, 0.3) is 17.4 Å². The quantitative estimate of drug-likeness (QED) is 0.274. The Morgan fingerprint density at radius 1 is 1.05 bits per heavy atom. The molecule has 0 heterocycles. The van der Waals surface area contributed by atoms with E-state index >= 15 is 0 Å². The SMILES string of the molecule is C#Cc1ccc(/C=C2\c3cccc(O)c3C(O)=C3C(=O)[C@@]4(O)C(O)=C(C(C)=O)C(=O)C(C(C)C)[C@@]4(C)[C@H](O)[C@]32C)cc1. The number of phenolic OH excluding ortho intramolecular Hbond substituents is 1. The molecule has 3 aliphatic rings. The Labute approximate surface area is 243 Å². The van der Waals surface area contributed by atoms with Crippen LogP contribution >= 0.6 is 0 Å². The summed E-state index contributed by atoms with van der Waals surface area (Å²) in [5.41, 5.74) is -6.21. The van der Waals surface area contributed by atoms with Crippen molar-refractivity contribution in [1.29, 1.82) is 0 Å². The van der Waals surface area contributed by atoms with E-state index in [-0.39, 0.29) is 11.3 Å². The number of aliphatic hydroxyl groups is 4. The summed E-state index contributed by atoms with van der Waals surface area (Å²) in [6, 6.07) is 11.4. The normalized spacial score (nSPS) is 31.5. The fraction of sp³-hybridized carbons (Fsp3) is 0.324. The van der Waals surface area contributed by atoms with Gasteiger partial charge in [0.05, 0.1) is 22.7 Å². The predicted octanol–water partition coefficient (Wildman–Crippen LogP) is 4.14. The zero-order valence-electron chi connectivity index (χ0n) is 23.9. The second-order valence-corrected chi connectivity index (χ2v) is 12.0. The molecule has 0 amide bonds. The molecule has 0 aromatic heterocycles. The Balaban J connectivity index is 1.94. The summed E-state index contributed by atoms with van der Waals surface area (Å²) < 4.78 is 0. The average molecular weight is 569 g/mol. The summed E-state index contributed by atoms with van der Waals surface area (Å²) in [5.74, 6) is -4.39. The van der Waals surface area contributed by atoms with Gasteiger partial charge in [-0.05, 0) is 54.7 Å². The minimum absolute atomic E-state index is 0.105. The van der Waals surface area contributed by atoms with Crippen molar-refractivity contribution in [3.63, 3.8) is 0 Å². The van der Waals surface area contributed by atoms with Gasteiger partial charge in [0.2, 0.25) is 5.78 Å². The number of ketones is 3. The number of allylic oxidation sites excluding steroid dienone is 1. The molecule has 5 N–H and O–H groups in total. The molecule has 2 aromatic carbocycles. The van der Waals surface area contributed by atoms with Crippen molar-refractivity contribution >= 4 is 34.8 Å². The largest absolute Gasteiger partial charge is 0.508 e. The fourth-order valence-corrected chi connectivity index (χ4v) is 7.54. The van der Waals surface area contributed by atoms with E-state index in [0.29, 0.717) is 22.3 Å². The van der Waals surface area contributed by atoms with Crippen LogP contribution in [-0.2, 0) is 14.4 Å². The lowest BCUT2D eigenvalue weighted by Crippen LogP contribution is -2.75. The number of rotatable bonds is 3. The number of aromatic hydroxyl groups is 1. The molecule has 1 fully saturated rings. The van der Waals surface area contributed by atoms with E-state index in [9.17, 15) is 39.9 Å². The molecule has 0 saturated heterocycles. The highest BCUT2D eigenvalue weighted by molar-refractivity contribution is 6.25. The summed E-state index contributed by atoms with van der Waals surface area (Å²) in [4.78, 5) is 41.0. The number of carbonyl (C=O) groups excluding carboxylic acids is 3. The second kappa shape index (κ2) is 9.28. The standard InChI is InChI=1S/C34H32O8/c1-7-18-11-13-19(14-12-18)15-21-20-9-8-10-22(36)24(20)28(38)26-30(40)34(42)29(39)23(17(4)35)27(37)25(16(2)3)33(34,6)31(41)32(21,26)5/h1,8-16,25,31,36,38-39,41-42H,2-6H3/b21-15+/t25?,31-,32+,33+,34+/m1/s1. The van der Waals surface area contributed by atoms with Crippen molar-refractivity contribution in [1.82, 2.24) is 0 Å². The topological polar surface area (TPSA) is 152 Å². The van der Waals surface area contributed by atoms with E-state index in [1.165, 1.54) is 19.9 Å². The van der Waals surface area contributed by atoms with Gasteiger partial charge in [0.25, 0.3) is 0 Å². The summed E-state index contributed by atoms with van der Waals surface area (Å²) in [6.07, 6.45) is 5.41. The van der Waals surface area contributed by atoms with Gasteiger partial charge >= 0.3 is 0 Å². The molecule has 0 bridgehead atoms. The van der Waals surface area contributed by atoms with Gasteiger partial charge in [-0.25, -0.2) is 0 Å². The molecule has 8 heteroatoms. The van der Waals surface area contributed by atoms with Crippen LogP contribution in [0.3, 0.4) is 0 Å². The molecule has 5 atom stereocenters. The van der Waals surface area contributed by atoms with Crippen LogP contribution in [0.1, 0.15) is 56.9 Å². The molecule has 1 unspecified atom stereocenters. The van der Waals surface area contributed by atoms with Crippen LogP contribution in [0.2, 0.25) is 0 Å². The van der Waals surface area contributed by atoms with Crippen LogP contribution in [0.5, 0.6) is 5.75 Å². The van der Waals surface area contributed by atoms with E-state index in [1.54, 1.807) is 56.3 Å². The zero-order chi connectivity index (χ0) is 31.1. The number of terminal acetylenes is 1. The molecular weight excluding hydrogens is 536 g/mol. The maximum absolute atomic E-state index is 14.6. The second-order valence-electron chi connectivity index (χ2n) is 12.0. The van der Waals surface area contributed by atoms with E-state index in [4.69, 9.17) is 6.42 Å². The molecule has 1 saturated carbocycles. The van der Waals surface area contributed by atoms with E-state index in [2.05, 4.69) is 5.92 Å². The Kier molecular flexibility index (Phi) is 6.42. The molecule has 42 heavy (non-hydrogen) atoms. The number of carbonyl (C=O) groups is 3. The first-order valence-corrected chi connectivity index (χ1v) is 13.6. The van der Waals surface area contributed by atoms with E-state index in [0.717, 1.165) is 6.92 Å². The molecular formula is C34H32O8. The molecule has 2 aromatic rings. The molecule has 8 nitrogen and oxygen atoms in total. The smallest absolute Gasteiger partial charge is 0.203 e. The summed E-state index contributed by atoms with van der Waals surface area (Å²) in [7, 11) is 0. The number of hydrogen-bond acceptors (Lipinski definition) is 8. The lowest BCUT2D eigenvalue weighted by molar-refractivity contribution is -0.207. The Morgan fingerprint density at radius 3 is 2.21 bits per heavy atom. The van der Waals surface area contributed by atoms with Crippen molar-refractivity contribution in [2.45, 2.75) is 46.3 Å². The maximum atomic E-state index is 14.6. The summed E-state index contributed by atoms with van der Waals surface area (Å²) in [6.45, 7) is 7.23. The first-order chi connectivity index (χ1) is 19.6. The molecule has 216 valence electrons. The fourth-order valence-electron chi connectivity index (χ4n) is 7.54. The van der Waals surface area contributed by atoms with Crippen LogP contribution in [0.4, 0.5) is 0 Å². The molecule has 0 spiro atoms. The number of aliphatic hydroxyl groups excluding tert-OH is 3. The molecule has 5 rings (SSSR count). The minimum Gasteiger partial charge on any atom is -0.508 e. The van der Waals surface area contributed by atoms with E-state index in [1.807, 2.05) is 0 Å². The monoisotopic (exact) mass is 568 g/mol. The predicted molar refractivity (Wildman–Crippen MR) is 156 cm³/mol. The van der Waals surface area contributed by atoms with Crippen molar-refractivity contribution in [3.8, 4) is 18.1 Å². The van der Waals surface area contributed by atoms with Gasteiger partial charge in [-0.2, -0.15) is 0 Å². The van der Waals surface area contributed by atoms with Crippen molar-refractivity contribution in [2.75, 3.05) is 0 Å². The third kappa shape index (κ3) is 3.35. The number of fused-ring (bicyclic) bond motifs is 3. The van der Waals surface area contributed by atoms with Gasteiger partial charge in [-0.3, -0.25) is 14.4 Å². The van der Waals surface area contributed by atoms with Crippen molar-refractivity contribution < 1.29 is 39.9 Å². The van der Waals surface area contributed by atoms with Crippen LogP contribution < -0.4 is 0 Å². The minimum atomic E-state index is -2.96.